The van der Waals surface area contributed by atoms with Crippen LogP contribution >= 0.6 is 0 Å². The lowest BCUT2D eigenvalue weighted by Crippen LogP contribution is -2.39. The van der Waals surface area contributed by atoms with Gasteiger partial charge in [0, 0.05) is 13.2 Å². The van der Waals surface area contributed by atoms with E-state index in [-0.39, 0.29) is 19.1 Å². The summed E-state index contributed by atoms with van der Waals surface area (Å²) in [6.07, 6.45) is -3.35. The van der Waals surface area contributed by atoms with Crippen molar-refractivity contribution in [3.8, 4) is 0 Å². The number of hydrogen-bond donors (Lipinski definition) is 0. The molecule has 1 fully saturated rings. The SMILES string of the molecule is O=C(CC1CCCO1)N(Cc1ccc(F)cc1)CC(F)(F)F. The zero-order valence-corrected chi connectivity index (χ0v) is 11.9. The summed E-state index contributed by atoms with van der Waals surface area (Å²) >= 11 is 0. The summed E-state index contributed by atoms with van der Waals surface area (Å²) in [5.74, 6) is -1.08. The molecule has 0 saturated carbocycles. The van der Waals surface area contributed by atoms with Gasteiger partial charge in [-0.05, 0) is 30.5 Å². The molecule has 22 heavy (non-hydrogen) atoms. The van der Waals surface area contributed by atoms with E-state index in [1.54, 1.807) is 0 Å². The Balaban J connectivity index is 2.04. The Bertz CT molecular complexity index is 495. The number of carbonyl (C=O) groups is 1. The first-order chi connectivity index (χ1) is 10.3. The largest absolute Gasteiger partial charge is 0.406 e. The van der Waals surface area contributed by atoms with Crippen molar-refractivity contribution >= 4 is 5.91 Å². The van der Waals surface area contributed by atoms with Gasteiger partial charge in [0.05, 0.1) is 12.5 Å². The van der Waals surface area contributed by atoms with Crippen molar-refractivity contribution < 1.29 is 27.1 Å². The number of halogens is 4. The van der Waals surface area contributed by atoms with Gasteiger partial charge in [-0.2, -0.15) is 13.2 Å². The standard InChI is InChI=1S/C15H17F4NO2/c16-12-5-3-11(4-6-12)9-20(10-15(17,18)19)14(21)8-13-2-1-7-22-13/h3-6,13H,1-2,7-10H2. The average molecular weight is 319 g/mol. The number of rotatable bonds is 5. The molecular formula is C15H17F4NO2. The van der Waals surface area contributed by atoms with Crippen LogP contribution in [-0.4, -0.2) is 36.2 Å². The molecule has 3 nitrogen and oxygen atoms in total. The molecule has 1 saturated heterocycles. The van der Waals surface area contributed by atoms with E-state index in [1.807, 2.05) is 0 Å². The highest BCUT2D eigenvalue weighted by Gasteiger charge is 2.34. The summed E-state index contributed by atoms with van der Waals surface area (Å²) in [5.41, 5.74) is 0.450. The summed E-state index contributed by atoms with van der Waals surface area (Å²) in [6.45, 7) is -0.990. The zero-order valence-electron chi connectivity index (χ0n) is 11.9. The molecular weight excluding hydrogens is 302 g/mol. The smallest absolute Gasteiger partial charge is 0.378 e. The van der Waals surface area contributed by atoms with Crippen molar-refractivity contribution in [3.63, 3.8) is 0 Å². The molecule has 1 aromatic carbocycles. The minimum absolute atomic E-state index is 0.0583. The topological polar surface area (TPSA) is 29.5 Å². The lowest BCUT2D eigenvalue weighted by Gasteiger charge is -2.25. The fourth-order valence-electron chi connectivity index (χ4n) is 2.39. The molecule has 1 unspecified atom stereocenters. The van der Waals surface area contributed by atoms with Gasteiger partial charge in [-0.25, -0.2) is 4.39 Å². The van der Waals surface area contributed by atoms with Crippen LogP contribution in [0.4, 0.5) is 17.6 Å². The Labute approximate surface area is 125 Å². The third-order valence-corrected chi connectivity index (χ3v) is 3.44. The predicted octanol–water partition coefficient (Wildman–Crippen LogP) is 3.29. The molecule has 1 aliphatic rings. The lowest BCUT2D eigenvalue weighted by atomic mass is 10.1. The maximum atomic E-state index is 12.8. The quantitative estimate of drug-likeness (QED) is 0.780. The van der Waals surface area contributed by atoms with Gasteiger partial charge in [-0.1, -0.05) is 12.1 Å². The first-order valence-corrected chi connectivity index (χ1v) is 7.04. The summed E-state index contributed by atoms with van der Waals surface area (Å²) in [5, 5.41) is 0. The fourth-order valence-corrected chi connectivity index (χ4v) is 2.39. The van der Waals surface area contributed by atoms with Crippen molar-refractivity contribution in [2.45, 2.75) is 38.1 Å². The van der Waals surface area contributed by atoms with Crippen LogP contribution in [0.15, 0.2) is 24.3 Å². The molecule has 7 heteroatoms. The van der Waals surface area contributed by atoms with Crippen LogP contribution in [-0.2, 0) is 16.1 Å². The third kappa shape index (κ3) is 5.29. The number of hydrogen-bond acceptors (Lipinski definition) is 2. The molecule has 1 atom stereocenters. The molecule has 0 radical (unpaired) electrons. The average Bonchev–Trinajstić information content (AvgIpc) is 2.92. The van der Waals surface area contributed by atoms with Gasteiger partial charge in [0.15, 0.2) is 0 Å². The van der Waals surface area contributed by atoms with Crippen LogP contribution in [0, 0.1) is 5.82 Å². The predicted molar refractivity (Wildman–Crippen MR) is 71.5 cm³/mol. The maximum Gasteiger partial charge on any atom is 0.406 e. The number of benzene rings is 1. The highest BCUT2D eigenvalue weighted by atomic mass is 19.4. The van der Waals surface area contributed by atoms with E-state index in [0.717, 1.165) is 23.5 Å². The lowest BCUT2D eigenvalue weighted by molar-refractivity contribution is -0.163. The zero-order chi connectivity index (χ0) is 16.2. The van der Waals surface area contributed by atoms with Gasteiger partial charge in [0.25, 0.3) is 0 Å². The molecule has 1 aromatic rings. The number of ether oxygens (including phenoxy) is 1. The Morgan fingerprint density at radius 1 is 1.27 bits per heavy atom. The Morgan fingerprint density at radius 3 is 2.50 bits per heavy atom. The fraction of sp³-hybridized carbons (Fsp3) is 0.533. The van der Waals surface area contributed by atoms with E-state index >= 15 is 0 Å². The molecule has 122 valence electrons. The van der Waals surface area contributed by atoms with Gasteiger partial charge < -0.3 is 9.64 Å². The first kappa shape index (κ1) is 16.7. The van der Waals surface area contributed by atoms with E-state index in [2.05, 4.69) is 0 Å². The molecule has 1 aliphatic heterocycles. The summed E-state index contributed by atoms with van der Waals surface area (Å²) in [4.78, 5) is 12.9. The second-order valence-electron chi connectivity index (χ2n) is 5.33. The molecule has 0 N–H and O–H groups in total. The highest BCUT2D eigenvalue weighted by molar-refractivity contribution is 5.76. The second-order valence-corrected chi connectivity index (χ2v) is 5.33. The van der Waals surface area contributed by atoms with E-state index in [0.29, 0.717) is 18.6 Å². The Kier molecular flexibility index (Phi) is 5.39. The van der Waals surface area contributed by atoms with E-state index in [9.17, 15) is 22.4 Å². The van der Waals surface area contributed by atoms with Crippen LogP contribution in [0.2, 0.25) is 0 Å². The molecule has 0 bridgehead atoms. The van der Waals surface area contributed by atoms with E-state index < -0.39 is 24.4 Å². The van der Waals surface area contributed by atoms with Crippen LogP contribution in [0.3, 0.4) is 0 Å². The minimum Gasteiger partial charge on any atom is -0.378 e. The van der Waals surface area contributed by atoms with Crippen molar-refractivity contribution in [2.24, 2.45) is 0 Å². The van der Waals surface area contributed by atoms with Crippen molar-refractivity contribution in [1.82, 2.24) is 4.90 Å². The Morgan fingerprint density at radius 2 is 1.95 bits per heavy atom. The summed E-state index contributed by atoms with van der Waals surface area (Å²) < 4.78 is 56.1. The minimum atomic E-state index is -4.48. The molecule has 0 spiro atoms. The van der Waals surface area contributed by atoms with Gasteiger partial charge in [-0.3, -0.25) is 4.79 Å². The molecule has 1 amide bonds. The van der Waals surface area contributed by atoms with Crippen LogP contribution in [0.1, 0.15) is 24.8 Å². The number of alkyl halides is 3. The van der Waals surface area contributed by atoms with E-state index in [4.69, 9.17) is 4.74 Å². The molecule has 0 aliphatic carbocycles. The number of amides is 1. The number of carbonyl (C=O) groups excluding carboxylic acids is 1. The Hall–Kier alpha value is -1.63. The first-order valence-electron chi connectivity index (χ1n) is 7.04. The molecule has 1 heterocycles. The normalized spacial score (nSPS) is 18.5. The summed E-state index contributed by atoms with van der Waals surface area (Å²) in [7, 11) is 0. The van der Waals surface area contributed by atoms with Crippen molar-refractivity contribution in [1.29, 1.82) is 0 Å². The van der Waals surface area contributed by atoms with Crippen LogP contribution in [0.5, 0.6) is 0 Å². The van der Waals surface area contributed by atoms with Crippen LogP contribution < -0.4 is 0 Å². The van der Waals surface area contributed by atoms with Gasteiger partial charge in [0.2, 0.25) is 5.91 Å². The number of nitrogens with zero attached hydrogens (tertiary/aromatic N) is 1. The van der Waals surface area contributed by atoms with Crippen molar-refractivity contribution in [3.05, 3.63) is 35.6 Å². The van der Waals surface area contributed by atoms with Crippen molar-refractivity contribution in [2.75, 3.05) is 13.2 Å². The van der Waals surface area contributed by atoms with Gasteiger partial charge >= 0.3 is 6.18 Å². The third-order valence-electron chi connectivity index (χ3n) is 3.44. The van der Waals surface area contributed by atoms with Gasteiger partial charge in [-0.15, -0.1) is 0 Å². The second kappa shape index (κ2) is 7.09. The summed E-state index contributed by atoms with van der Waals surface area (Å²) in [6, 6.07) is 5.06. The van der Waals surface area contributed by atoms with E-state index in [1.165, 1.54) is 12.1 Å². The van der Waals surface area contributed by atoms with Gasteiger partial charge in [0.1, 0.15) is 12.4 Å². The monoisotopic (exact) mass is 319 g/mol. The molecule has 2 rings (SSSR count). The maximum absolute atomic E-state index is 12.8. The highest BCUT2D eigenvalue weighted by Crippen LogP contribution is 2.22. The van der Waals surface area contributed by atoms with Crippen LogP contribution in [0.25, 0.3) is 0 Å². The molecule has 0 aromatic heterocycles.